The maximum atomic E-state index is 12.8. The zero-order valence-corrected chi connectivity index (χ0v) is 16.0. The van der Waals surface area contributed by atoms with Crippen LogP contribution < -0.4 is 5.32 Å². The zero-order valence-electron chi connectivity index (χ0n) is 16.0. The smallest absolute Gasteiger partial charge is 0.379 e. The molecule has 1 aromatic rings. The zero-order chi connectivity index (χ0) is 20.0. The number of amides is 1. The van der Waals surface area contributed by atoms with Gasteiger partial charge in [-0.2, -0.15) is 13.2 Å². The van der Waals surface area contributed by atoms with Gasteiger partial charge in [0, 0.05) is 45.2 Å². The van der Waals surface area contributed by atoms with Crippen LogP contribution in [0.2, 0.25) is 0 Å². The lowest BCUT2D eigenvalue weighted by Gasteiger charge is -2.31. The van der Waals surface area contributed by atoms with Crippen LogP contribution in [0, 0.1) is 0 Å². The van der Waals surface area contributed by atoms with Crippen LogP contribution in [-0.4, -0.2) is 67.7 Å². The molecule has 2 saturated heterocycles. The van der Waals surface area contributed by atoms with Crippen molar-refractivity contribution in [1.82, 2.24) is 15.1 Å². The number of hydrogen-bond donors (Lipinski definition) is 1. The van der Waals surface area contributed by atoms with E-state index in [1.165, 1.54) is 12.1 Å². The Bertz CT molecular complexity index is 648. The van der Waals surface area contributed by atoms with E-state index in [0.717, 1.165) is 58.3 Å². The summed E-state index contributed by atoms with van der Waals surface area (Å²) in [7, 11) is 0. The molecule has 0 aromatic heterocycles. The molecule has 1 aromatic carbocycles. The molecule has 1 unspecified atom stereocenters. The molecule has 2 aliphatic rings. The normalized spacial score (nSPS) is 21.5. The molecule has 2 heterocycles. The standard InChI is InChI=1S/C20H28F3N3O2/c21-20(22,23)17-3-1-2-16(14-17)15-24-7-6-18-4-5-19(27)26(18)9-8-25-10-12-28-13-11-25/h1-3,14,18,24H,4-13,15H2. The SMILES string of the molecule is O=C1CCC(CCNCc2cccc(C(F)(F)F)c2)N1CCN1CCOCC1. The van der Waals surface area contributed by atoms with E-state index in [4.69, 9.17) is 4.74 Å². The molecule has 2 fully saturated rings. The van der Waals surface area contributed by atoms with Crippen molar-refractivity contribution in [3.05, 3.63) is 35.4 Å². The number of ether oxygens (including phenoxy) is 1. The van der Waals surface area contributed by atoms with Gasteiger partial charge in [0.1, 0.15) is 0 Å². The maximum absolute atomic E-state index is 12.8. The number of nitrogens with one attached hydrogen (secondary N) is 1. The van der Waals surface area contributed by atoms with Crippen molar-refractivity contribution in [2.24, 2.45) is 0 Å². The largest absolute Gasteiger partial charge is 0.416 e. The van der Waals surface area contributed by atoms with Gasteiger partial charge >= 0.3 is 6.18 Å². The Morgan fingerprint density at radius 3 is 2.71 bits per heavy atom. The minimum atomic E-state index is -4.32. The lowest BCUT2D eigenvalue weighted by molar-refractivity contribution is -0.137. The molecule has 1 N–H and O–H groups in total. The van der Waals surface area contributed by atoms with Crippen LogP contribution in [0.25, 0.3) is 0 Å². The molecule has 8 heteroatoms. The first-order chi connectivity index (χ1) is 13.4. The lowest BCUT2D eigenvalue weighted by atomic mass is 10.1. The van der Waals surface area contributed by atoms with Gasteiger partial charge in [0.2, 0.25) is 5.91 Å². The van der Waals surface area contributed by atoms with E-state index >= 15 is 0 Å². The Hall–Kier alpha value is -1.64. The minimum Gasteiger partial charge on any atom is -0.379 e. The average Bonchev–Trinajstić information content (AvgIpc) is 3.03. The number of likely N-dealkylation sites (tertiary alicyclic amines) is 1. The highest BCUT2D eigenvalue weighted by molar-refractivity contribution is 5.78. The molecular formula is C20H28F3N3O2. The second-order valence-corrected chi connectivity index (χ2v) is 7.40. The Morgan fingerprint density at radius 2 is 1.96 bits per heavy atom. The number of morpholine rings is 1. The van der Waals surface area contributed by atoms with Crippen molar-refractivity contribution in [2.45, 2.75) is 38.0 Å². The maximum Gasteiger partial charge on any atom is 0.416 e. The summed E-state index contributed by atoms with van der Waals surface area (Å²) in [5.41, 5.74) is -0.0102. The molecule has 1 atom stereocenters. The number of alkyl halides is 3. The third kappa shape index (κ3) is 5.93. The summed E-state index contributed by atoms with van der Waals surface area (Å²) in [6.45, 7) is 5.96. The van der Waals surface area contributed by atoms with Crippen LogP contribution >= 0.6 is 0 Å². The van der Waals surface area contributed by atoms with E-state index in [1.54, 1.807) is 6.07 Å². The van der Waals surface area contributed by atoms with E-state index in [2.05, 4.69) is 10.2 Å². The highest BCUT2D eigenvalue weighted by Gasteiger charge is 2.31. The Kier molecular flexibility index (Phi) is 7.31. The fourth-order valence-corrected chi connectivity index (χ4v) is 3.83. The van der Waals surface area contributed by atoms with Crippen LogP contribution in [0.5, 0.6) is 0 Å². The molecule has 1 amide bonds. The van der Waals surface area contributed by atoms with Crippen LogP contribution in [0.4, 0.5) is 13.2 Å². The van der Waals surface area contributed by atoms with Crippen molar-refractivity contribution in [3.8, 4) is 0 Å². The third-order valence-corrected chi connectivity index (χ3v) is 5.45. The molecule has 3 rings (SSSR count). The second-order valence-electron chi connectivity index (χ2n) is 7.40. The summed E-state index contributed by atoms with van der Waals surface area (Å²) in [6.07, 6.45) is -2.07. The van der Waals surface area contributed by atoms with Crippen molar-refractivity contribution in [3.63, 3.8) is 0 Å². The first kappa shape index (κ1) is 21.1. The Morgan fingerprint density at radius 1 is 1.18 bits per heavy atom. The van der Waals surface area contributed by atoms with Gasteiger partial charge in [-0.1, -0.05) is 18.2 Å². The quantitative estimate of drug-likeness (QED) is 0.683. The van der Waals surface area contributed by atoms with Crippen LogP contribution in [0.1, 0.15) is 30.4 Å². The molecule has 0 saturated carbocycles. The van der Waals surface area contributed by atoms with Gasteiger partial charge < -0.3 is 15.0 Å². The summed E-state index contributed by atoms with van der Waals surface area (Å²) in [4.78, 5) is 16.5. The molecule has 0 spiro atoms. The van der Waals surface area contributed by atoms with E-state index in [-0.39, 0.29) is 11.9 Å². The summed E-state index contributed by atoms with van der Waals surface area (Å²) < 4.78 is 43.7. The fourth-order valence-electron chi connectivity index (χ4n) is 3.83. The van der Waals surface area contributed by atoms with Crippen LogP contribution in [0.3, 0.4) is 0 Å². The van der Waals surface area contributed by atoms with Gasteiger partial charge in [-0.3, -0.25) is 9.69 Å². The highest BCUT2D eigenvalue weighted by atomic mass is 19.4. The number of rotatable bonds is 8. The number of hydrogen-bond acceptors (Lipinski definition) is 4. The minimum absolute atomic E-state index is 0.205. The van der Waals surface area contributed by atoms with Gasteiger partial charge in [0.25, 0.3) is 0 Å². The predicted molar refractivity (Wildman–Crippen MR) is 99.8 cm³/mol. The highest BCUT2D eigenvalue weighted by Crippen LogP contribution is 2.29. The van der Waals surface area contributed by atoms with Crippen molar-refractivity contribution >= 4 is 5.91 Å². The number of halogens is 3. The second kappa shape index (κ2) is 9.71. The van der Waals surface area contributed by atoms with E-state index in [1.807, 2.05) is 4.90 Å². The van der Waals surface area contributed by atoms with E-state index < -0.39 is 11.7 Å². The molecule has 0 radical (unpaired) electrons. The fraction of sp³-hybridized carbons (Fsp3) is 0.650. The van der Waals surface area contributed by atoms with Gasteiger partial charge in [-0.15, -0.1) is 0 Å². The third-order valence-electron chi connectivity index (χ3n) is 5.45. The number of carbonyl (C=O) groups excluding carboxylic acids is 1. The Labute approximate surface area is 163 Å². The average molecular weight is 399 g/mol. The van der Waals surface area contributed by atoms with E-state index in [9.17, 15) is 18.0 Å². The number of benzene rings is 1. The topological polar surface area (TPSA) is 44.8 Å². The van der Waals surface area contributed by atoms with E-state index in [0.29, 0.717) is 25.1 Å². The lowest BCUT2D eigenvalue weighted by Crippen LogP contribution is -2.44. The molecule has 28 heavy (non-hydrogen) atoms. The predicted octanol–water partition coefficient (Wildman–Crippen LogP) is 2.51. The van der Waals surface area contributed by atoms with Gasteiger partial charge in [0.05, 0.1) is 18.8 Å². The molecular weight excluding hydrogens is 371 g/mol. The first-order valence-corrected chi connectivity index (χ1v) is 9.90. The Balaban J connectivity index is 1.41. The molecule has 0 bridgehead atoms. The van der Waals surface area contributed by atoms with Crippen molar-refractivity contribution in [2.75, 3.05) is 45.9 Å². The van der Waals surface area contributed by atoms with Crippen LogP contribution in [0.15, 0.2) is 24.3 Å². The van der Waals surface area contributed by atoms with Gasteiger partial charge in [0.15, 0.2) is 0 Å². The summed E-state index contributed by atoms with van der Waals surface area (Å²) >= 11 is 0. The summed E-state index contributed by atoms with van der Waals surface area (Å²) in [6, 6.07) is 5.60. The molecule has 156 valence electrons. The summed E-state index contributed by atoms with van der Waals surface area (Å²) in [5.74, 6) is 0.205. The summed E-state index contributed by atoms with van der Waals surface area (Å²) in [5, 5.41) is 3.22. The molecule has 2 aliphatic heterocycles. The molecule has 0 aliphatic carbocycles. The van der Waals surface area contributed by atoms with Crippen LogP contribution in [-0.2, 0) is 22.3 Å². The van der Waals surface area contributed by atoms with Gasteiger partial charge in [-0.05, 0) is 31.0 Å². The van der Waals surface area contributed by atoms with Crippen molar-refractivity contribution in [1.29, 1.82) is 0 Å². The monoisotopic (exact) mass is 399 g/mol. The van der Waals surface area contributed by atoms with Crippen molar-refractivity contribution < 1.29 is 22.7 Å². The number of carbonyl (C=O) groups is 1. The number of nitrogens with zero attached hydrogens (tertiary/aromatic N) is 2. The first-order valence-electron chi connectivity index (χ1n) is 9.90. The van der Waals surface area contributed by atoms with Gasteiger partial charge in [-0.25, -0.2) is 0 Å². The molecule has 5 nitrogen and oxygen atoms in total.